The summed E-state index contributed by atoms with van der Waals surface area (Å²) in [5, 5.41) is 11.4. The summed E-state index contributed by atoms with van der Waals surface area (Å²) in [7, 11) is 1.57. The summed E-state index contributed by atoms with van der Waals surface area (Å²) in [5.41, 5.74) is 2.04. The van der Waals surface area contributed by atoms with Crippen molar-refractivity contribution in [1.82, 2.24) is 4.98 Å². The van der Waals surface area contributed by atoms with Gasteiger partial charge in [-0.25, -0.2) is 4.98 Å². The van der Waals surface area contributed by atoms with Gasteiger partial charge >= 0.3 is 0 Å². The van der Waals surface area contributed by atoms with Crippen LogP contribution in [0.15, 0.2) is 101 Å². The number of ketones is 1. The number of nitrogens with zero attached hydrogens (tertiary/aromatic N) is 2. The topological polar surface area (TPSA) is 111 Å². The zero-order valence-corrected chi connectivity index (χ0v) is 23.6. The summed E-state index contributed by atoms with van der Waals surface area (Å²) in [6.45, 7) is 2.54. The van der Waals surface area contributed by atoms with Crippen LogP contribution in [0.5, 0.6) is 17.2 Å². The molecule has 0 fully saturated rings. The lowest BCUT2D eigenvalue weighted by Gasteiger charge is -2.25. The van der Waals surface area contributed by atoms with Gasteiger partial charge in [0.05, 0.1) is 41.8 Å². The number of aromatic nitrogens is 1. The fraction of sp³-hybridized carbons (Fsp3) is 0.156. The number of hydrogen-bond acceptors (Lipinski definition) is 9. The molecule has 0 radical (unpaired) electrons. The second-order valence-corrected chi connectivity index (χ2v) is 10.4. The van der Waals surface area contributed by atoms with E-state index in [0.29, 0.717) is 46.7 Å². The van der Waals surface area contributed by atoms with Crippen LogP contribution in [0.4, 0.5) is 5.13 Å². The Bertz CT molecular complexity index is 1790. The molecule has 5 aromatic rings. The van der Waals surface area contributed by atoms with E-state index in [1.54, 1.807) is 43.5 Å². The molecule has 212 valence electrons. The normalized spacial score (nSPS) is 15.0. The van der Waals surface area contributed by atoms with Crippen molar-refractivity contribution in [2.75, 3.05) is 18.6 Å². The first-order chi connectivity index (χ1) is 20.5. The first kappa shape index (κ1) is 27.1. The van der Waals surface area contributed by atoms with Gasteiger partial charge in [0.25, 0.3) is 5.91 Å². The molecule has 2 aromatic heterocycles. The second kappa shape index (κ2) is 11.4. The van der Waals surface area contributed by atoms with E-state index in [1.807, 2.05) is 43.3 Å². The number of fused-ring (bicyclic) bond motifs is 1. The van der Waals surface area contributed by atoms with Crippen LogP contribution in [0.3, 0.4) is 0 Å². The van der Waals surface area contributed by atoms with Gasteiger partial charge in [-0.15, -0.1) is 0 Å². The number of methoxy groups -OCH3 is 1. The van der Waals surface area contributed by atoms with Gasteiger partial charge in [0.2, 0.25) is 5.78 Å². The number of furan rings is 1. The highest BCUT2D eigenvalue weighted by atomic mass is 32.1. The van der Waals surface area contributed by atoms with Crippen LogP contribution in [-0.2, 0) is 11.4 Å². The van der Waals surface area contributed by atoms with Crippen molar-refractivity contribution in [2.45, 2.75) is 19.6 Å². The molecular weight excluding hydrogens is 556 g/mol. The Morgan fingerprint density at radius 1 is 1.02 bits per heavy atom. The maximum Gasteiger partial charge on any atom is 0.296 e. The fourth-order valence-corrected chi connectivity index (χ4v) is 5.85. The van der Waals surface area contributed by atoms with Crippen molar-refractivity contribution in [3.63, 3.8) is 0 Å². The average molecular weight is 583 g/mol. The predicted octanol–water partition coefficient (Wildman–Crippen LogP) is 6.66. The van der Waals surface area contributed by atoms with Gasteiger partial charge < -0.3 is 23.7 Å². The number of aliphatic hydroxyl groups excluding tert-OH is 1. The molecule has 9 nitrogen and oxygen atoms in total. The highest BCUT2D eigenvalue weighted by molar-refractivity contribution is 7.22. The molecule has 42 heavy (non-hydrogen) atoms. The lowest BCUT2D eigenvalue weighted by atomic mass is 9.95. The number of aliphatic hydroxyl groups is 1. The Hall–Kier alpha value is -5.09. The minimum atomic E-state index is -1.01. The summed E-state index contributed by atoms with van der Waals surface area (Å²) in [5.74, 6) is -0.447. The Morgan fingerprint density at radius 3 is 2.60 bits per heavy atom. The van der Waals surface area contributed by atoms with Crippen molar-refractivity contribution < 1.29 is 33.3 Å². The Morgan fingerprint density at radius 2 is 1.86 bits per heavy atom. The fourth-order valence-electron chi connectivity index (χ4n) is 4.83. The standard InChI is InChI=1S/C32H26N2O7S/c1-3-39-25-16-20(11-14-23(25)41-18-19-8-5-4-6-9-19)28-27(29(35)24-10-7-15-40-24)30(36)31(37)34(28)32-33-22-13-12-21(38-2)17-26(22)42-32/h4-17,28,36H,3,18H2,1-2H3. The summed E-state index contributed by atoms with van der Waals surface area (Å²) >= 11 is 1.25. The van der Waals surface area contributed by atoms with E-state index < -0.39 is 23.5 Å². The van der Waals surface area contributed by atoms with Crippen molar-refractivity contribution in [2.24, 2.45) is 0 Å². The van der Waals surface area contributed by atoms with Gasteiger partial charge in [0.1, 0.15) is 12.4 Å². The SMILES string of the molecule is CCOc1cc(C2C(C(=O)c3ccco3)=C(O)C(=O)N2c2nc3ccc(OC)cc3s2)ccc1OCc1ccccc1. The molecule has 1 atom stereocenters. The average Bonchev–Trinajstić information content (AvgIpc) is 3.75. The van der Waals surface area contributed by atoms with Crippen LogP contribution in [0.25, 0.3) is 10.2 Å². The van der Waals surface area contributed by atoms with Crippen molar-refractivity contribution in [3.8, 4) is 17.2 Å². The van der Waals surface area contributed by atoms with Crippen LogP contribution in [0.2, 0.25) is 0 Å². The molecule has 3 heterocycles. The largest absolute Gasteiger partial charge is 0.503 e. The maximum atomic E-state index is 13.6. The zero-order chi connectivity index (χ0) is 29.2. The summed E-state index contributed by atoms with van der Waals surface area (Å²) < 4.78 is 23.5. The third-order valence-corrected chi connectivity index (χ3v) is 7.83. The van der Waals surface area contributed by atoms with E-state index in [-0.39, 0.29) is 11.3 Å². The highest BCUT2D eigenvalue weighted by Crippen LogP contribution is 2.46. The number of Topliss-reactive ketones (excluding diaryl/α,β-unsaturated/α-hetero) is 1. The first-order valence-electron chi connectivity index (χ1n) is 13.2. The van der Waals surface area contributed by atoms with Crippen molar-refractivity contribution in [1.29, 1.82) is 0 Å². The summed E-state index contributed by atoms with van der Waals surface area (Å²) in [6, 6.07) is 22.4. The number of amides is 1. The number of rotatable bonds is 10. The molecule has 0 spiro atoms. The minimum absolute atomic E-state index is 0.00178. The number of carbonyl (C=O) groups excluding carboxylic acids is 2. The van der Waals surface area contributed by atoms with E-state index >= 15 is 0 Å². The molecule has 0 bridgehead atoms. The Balaban J connectivity index is 1.44. The summed E-state index contributed by atoms with van der Waals surface area (Å²) in [4.78, 5) is 33.3. The predicted molar refractivity (Wildman–Crippen MR) is 157 cm³/mol. The molecule has 6 rings (SSSR count). The highest BCUT2D eigenvalue weighted by Gasteiger charge is 2.46. The lowest BCUT2D eigenvalue weighted by Crippen LogP contribution is -2.31. The van der Waals surface area contributed by atoms with Crippen molar-refractivity contribution >= 4 is 38.4 Å². The number of carbonyl (C=O) groups is 2. The van der Waals surface area contributed by atoms with Crippen LogP contribution in [-0.4, -0.2) is 35.5 Å². The van der Waals surface area contributed by atoms with Crippen LogP contribution >= 0.6 is 11.3 Å². The molecule has 3 aromatic carbocycles. The third kappa shape index (κ3) is 4.97. The summed E-state index contributed by atoms with van der Waals surface area (Å²) in [6.07, 6.45) is 1.36. The molecule has 0 aliphatic carbocycles. The van der Waals surface area contributed by atoms with Gasteiger partial charge in [-0.2, -0.15) is 0 Å². The quantitative estimate of drug-likeness (QED) is 0.182. The maximum absolute atomic E-state index is 13.6. The van der Waals surface area contributed by atoms with E-state index in [4.69, 9.17) is 18.6 Å². The van der Waals surface area contributed by atoms with Gasteiger partial charge in [0.15, 0.2) is 28.1 Å². The Labute approximate surface area is 245 Å². The minimum Gasteiger partial charge on any atom is -0.503 e. The van der Waals surface area contributed by atoms with Crippen LogP contribution < -0.4 is 19.1 Å². The molecule has 1 aliphatic rings. The van der Waals surface area contributed by atoms with Gasteiger partial charge in [-0.3, -0.25) is 14.5 Å². The molecule has 10 heteroatoms. The van der Waals surface area contributed by atoms with Gasteiger partial charge in [-0.1, -0.05) is 47.7 Å². The number of hydrogen-bond donors (Lipinski definition) is 1. The first-order valence-corrected chi connectivity index (χ1v) is 14.0. The third-order valence-electron chi connectivity index (χ3n) is 6.81. The van der Waals surface area contributed by atoms with Crippen LogP contribution in [0.1, 0.15) is 34.6 Å². The Kier molecular flexibility index (Phi) is 7.37. The molecule has 0 saturated heterocycles. The number of anilines is 1. The number of ether oxygens (including phenoxy) is 3. The van der Waals surface area contributed by atoms with E-state index in [1.165, 1.54) is 28.6 Å². The van der Waals surface area contributed by atoms with Crippen molar-refractivity contribution in [3.05, 3.63) is 113 Å². The van der Waals surface area contributed by atoms with E-state index in [9.17, 15) is 14.7 Å². The van der Waals surface area contributed by atoms with E-state index in [2.05, 4.69) is 4.98 Å². The molecule has 1 unspecified atom stereocenters. The monoisotopic (exact) mass is 582 g/mol. The molecule has 0 saturated carbocycles. The van der Waals surface area contributed by atoms with Gasteiger partial charge in [-0.05, 0) is 60.5 Å². The molecular formula is C32H26N2O7S. The molecule has 1 N–H and O–H groups in total. The van der Waals surface area contributed by atoms with Gasteiger partial charge in [0, 0.05) is 0 Å². The molecule has 1 amide bonds. The smallest absolute Gasteiger partial charge is 0.296 e. The second-order valence-electron chi connectivity index (χ2n) is 9.39. The number of thiazole rings is 1. The lowest BCUT2D eigenvalue weighted by molar-refractivity contribution is -0.117. The van der Waals surface area contributed by atoms with Crippen LogP contribution in [0, 0.1) is 0 Å². The van der Waals surface area contributed by atoms with E-state index in [0.717, 1.165) is 10.3 Å². The zero-order valence-electron chi connectivity index (χ0n) is 22.8. The number of benzene rings is 3. The molecule has 1 aliphatic heterocycles.